The number of hydrogen-bond donors (Lipinski definition) is 1. The van der Waals surface area contributed by atoms with E-state index in [9.17, 15) is 4.79 Å². The lowest BCUT2D eigenvalue weighted by atomic mass is 10.1. The van der Waals surface area contributed by atoms with Gasteiger partial charge in [-0.1, -0.05) is 6.92 Å². The first-order valence-corrected chi connectivity index (χ1v) is 7.13. The first kappa shape index (κ1) is 17.1. The van der Waals surface area contributed by atoms with Crippen LogP contribution in [0.4, 0.5) is 0 Å². The van der Waals surface area contributed by atoms with Gasteiger partial charge in [0, 0.05) is 12.5 Å². The molecule has 5 heteroatoms. The third-order valence-electron chi connectivity index (χ3n) is 3.39. The molecule has 1 amide bonds. The van der Waals surface area contributed by atoms with Crippen LogP contribution in [-0.2, 0) is 11.2 Å². The molecule has 1 aromatic rings. The number of carbonyl (C=O) groups is 1. The Kier molecular flexibility index (Phi) is 6.85. The van der Waals surface area contributed by atoms with Crippen LogP contribution in [0, 0.1) is 0 Å². The molecule has 0 aromatic heterocycles. The maximum Gasteiger partial charge on any atom is 0.220 e. The quantitative estimate of drug-likeness (QED) is 0.801. The van der Waals surface area contributed by atoms with Crippen molar-refractivity contribution in [2.24, 2.45) is 0 Å². The number of carbonyl (C=O) groups excluding carboxylic acids is 1. The van der Waals surface area contributed by atoms with Crippen molar-refractivity contribution in [1.82, 2.24) is 5.32 Å². The molecule has 118 valence electrons. The average Bonchev–Trinajstić information content (AvgIpc) is 2.51. The molecule has 0 fully saturated rings. The Morgan fingerprint density at radius 2 is 1.71 bits per heavy atom. The van der Waals surface area contributed by atoms with E-state index in [2.05, 4.69) is 5.32 Å². The Morgan fingerprint density at radius 1 is 1.14 bits per heavy atom. The maximum atomic E-state index is 11.8. The zero-order chi connectivity index (χ0) is 15.8. The van der Waals surface area contributed by atoms with Crippen molar-refractivity contribution in [1.29, 1.82) is 0 Å². The second kappa shape index (κ2) is 8.39. The number of benzene rings is 1. The molecule has 0 saturated heterocycles. The number of amides is 1. The SMILES string of the molecule is CC[C@@H](C)NC(=O)CCc1cc(OC)c(OC)c(OC)c1. The molecule has 1 N–H and O–H groups in total. The fourth-order valence-electron chi connectivity index (χ4n) is 1.99. The molecule has 0 saturated carbocycles. The molecule has 0 spiro atoms. The standard InChI is InChI=1S/C16H25NO4/c1-6-11(2)17-15(18)8-7-12-9-13(19-3)16(21-5)14(10-12)20-4/h9-11H,6-8H2,1-5H3,(H,17,18)/t11-/m1/s1. The predicted octanol–water partition coefficient (Wildman–Crippen LogP) is 2.56. The van der Waals surface area contributed by atoms with Gasteiger partial charge in [-0.25, -0.2) is 0 Å². The van der Waals surface area contributed by atoms with Crippen LogP contribution in [0.3, 0.4) is 0 Å². The molecule has 1 atom stereocenters. The molecule has 0 aliphatic carbocycles. The number of rotatable bonds is 8. The summed E-state index contributed by atoms with van der Waals surface area (Å²) in [7, 11) is 4.73. The summed E-state index contributed by atoms with van der Waals surface area (Å²) in [6.07, 6.45) is 1.98. The van der Waals surface area contributed by atoms with Gasteiger partial charge in [0.05, 0.1) is 21.3 Å². The fourth-order valence-corrected chi connectivity index (χ4v) is 1.99. The van der Waals surface area contributed by atoms with Gasteiger partial charge in [-0.3, -0.25) is 4.79 Å². The van der Waals surface area contributed by atoms with Crippen LogP contribution in [0.25, 0.3) is 0 Å². The van der Waals surface area contributed by atoms with Crippen molar-refractivity contribution >= 4 is 5.91 Å². The zero-order valence-corrected chi connectivity index (χ0v) is 13.5. The summed E-state index contributed by atoms with van der Waals surface area (Å²) in [6.45, 7) is 4.04. The summed E-state index contributed by atoms with van der Waals surface area (Å²) in [5.74, 6) is 1.83. The Morgan fingerprint density at radius 3 is 2.14 bits per heavy atom. The molecule has 0 unspecified atom stereocenters. The van der Waals surface area contributed by atoms with Crippen LogP contribution in [0.15, 0.2) is 12.1 Å². The van der Waals surface area contributed by atoms with Gasteiger partial charge in [0.1, 0.15) is 0 Å². The van der Waals surface area contributed by atoms with Gasteiger partial charge < -0.3 is 19.5 Å². The summed E-state index contributed by atoms with van der Waals surface area (Å²) in [5.41, 5.74) is 0.976. The number of aryl methyl sites for hydroxylation is 1. The molecule has 1 rings (SSSR count). The van der Waals surface area contributed by atoms with Crippen molar-refractivity contribution < 1.29 is 19.0 Å². The smallest absolute Gasteiger partial charge is 0.220 e. The number of ether oxygens (including phenoxy) is 3. The maximum absolute atomic E-state index is 11.8. The van der Waals surface area contributed by atoms with Crippen LogP contribution in [0.2, 0.25) is 0 Å². The highest BCUT2D eigenvalue weighted by atomic mass is 16.5. The minimum atomic E-state index is 0.0538. The average molecular weight is 295 g/mol. The fraction of sp³-hybridized carbons (Fsp3) is 0.562. The van der Waals surface area contributed by atoms with Crippen molar-refractivity contribution in [3.63, 3.8) is 0 Å². The summed E-state index contributed by atoms with van der Waals surface area (Å²) in [6, 6.07) is 3.95. The van der Waals surface area contributed by atoms with Crippen LogP contribution in [0.1, 0.15) is 32.3 Å². The van der Waals surface area contributed by atoms with Gasteiger partial charge in [0.2, 0.25) is 11.7 Å². The first-order valence-electron chi connectivity index (χ1n) is 7.13. The van der Waals surface area contributed by atoms with Crippen molar-refractivity contribution in [2.75, 3.05) is 21.3 Å². The summed E-state index contributed by atoms with van der Waals surface area (Å²) in [4.78, 5) is 11.8. The highest BCUT2D eigenvalue weighted by Crippen LogP contribution is 2.38. The topological polar surface area (TPSA) is 56.8 Å². The van der Waals surface area contributed by atoms with Crippen molar-refractivity contribution in [3.05, 3.63) is 17.7 Å². The molecule has 0 bridgehead atoms. The minimum absolute atomic E-state index is 0.0538. The summed E-state index contributed by atoms with van der Waals surface area (Å²) in [5, 5.41) is 2.95. The van der Waals surface area contributed by atoms with Gasteiger partial charge in [0.25, 0.3) is 0 Å². The van der Waals surface area contributed by atoms with E-state index in [1.54, 1.807) is 21.3 Å². The lowest BCUT2D eigenvalue weighted by molar-refractivity contribution is -0.121. The lowest BCUT2D eigenvalue weighted by Crippen LogP contribution is -2.32. The third-order valence-corrected chi connectivity index (χ3v) is 3.39. The van der Waals surface area contributed by atoms with E-state index in [4.69, 9.17) is 14.2 Å². The minimum Gasteiger partial charge on any atom is -0.493 e. The van der Waals surface area contributed by atoms with Crippen LogP contribution in [-0.4, -0.2) is 33.3 Å². The van der Waals surface area contributed by atoms with Crippen LogP contribution >= 0.6 is 0 Å². The highest BCUT2D eigenvalue weighted by Gasteiger charge is 2.14. The zero-order valence-electron chi connectivity index (χ0n) is 13.5. The van der Waals surface area contributed by atoms with E-state index in [1.807, 2.05) is 26.0 Å². The van der Waals surface area contributed by atoms with Gasteiger partial charge in [0.15, 0.2) is 11.5 Å². The molecule has 0 aliphatic heterocycles. The monoisotopic (exact) mass is 295 g/mol. The third kappa shape index (κ3) is 4.85. The van der Waals surface area contributed by atoms with E-state index < -0.39 is 0 Å². The summed E-state index contributed by atoms with van der Waals surface area (Å²) >= 11 is 0. The van der Waals surface area contributed by atoms with E-state index in [0.29, 0.717) is 30.1 Å². The second-order valence-corrected chi connectivity index (χ2v) is 4.91. The molecule has 5 nitrogen and oxygen atoms in total. The highest BCUT2D eigenvalue weighted by molar-refractivity contribution is 5.76. The largest absolute Gasteiger partial charge is 0.493 e. The molecule has 0 aliphatic rings. The number of hydrogen-bond acceptors (Lipinski definition) is 4. The molecule has 21 heavy (non-hydrogen) atoms. The Balaban J connectivity index is 2.78. The Bertz CT molecular complexity index is 448. The molecular weight excluding hydrogens is 270 g/mol. The van der Waals surface area contributed by atoms with Gasteiger partial charge in [-0.15, -0.1) is 0 Å². The van der Waals surface area contributed by atoms with E-state index in [-0.39, 0.29) is 11.9 Å². The molecular formula is C16H25NO4. The molecule has 1 aromatic carbocycles. The van der Waals surface area contributed by atoms with E-state index in [0.717, 1.165) is 12.0 Å². The predicted molar refractivity (Wildman–Crippen MR) is 82.3 cm³/mol. The van der Waals surface area contributed by atoms with Crippen molar-refractivity contribution in [3.8, 4) is 17.2 Å². The number of methoxy groups -OCH3 is 3. The first-order chi connectivity index (χ1) is 10.0. The van der Waals surface area contributed by atoms with Crippen molar-refractivity contribution in [2.45, 2.75) is 39.2 Å². The van der Waals surface area contributed by atoms with E-state index >= 15 is 0 Å². The van der Waals surface area contributed by atoms with Crippen LogP contribution < -0.4 is 19.5 Å². The summed E-state index contributed by atoms with van der Waals surface area (Å²) < 4.78 is 15.9. The molecule has 0 heterocycles. The Hall–Kier alpha value is -1.91. The van der Waals surface area contributed by atoms with Gasteiger partial charge >= 0.3 is 0 Å². The second-order valence-electron chi connectivity index (χ2n) is 4.91. The number of nitrogens with one attached hydrogen (secondary N) is 1. The van der Waals surface area contributed by atoms with Crippen LogP contribution in [0.5, 0.6) is 17.2 Å². The molecule has 0 radical (unpaired) electrons. The van der Waals surface area contributed by atoms with Gasteiger partial charge in [-0.05, 0) is 37.5 Å². The lowest BCUT2D eigenvalue weighted by Gasteiger charge is -2.14. The van der Waals surface area contributed by atoms with Gasteiger partial charge in [-0.2, -0.15) is 0 Å². The van der Waals surface area contributed by atoms with E-state index in [1.165, 1.54) is 0 Å². The Labute approximate surface area is 126 Å². The normalized spacial score (nSPS) is 11.7.